The molecule has 0 fully saturated rings. The Morgan fingerprint density at radius 3 is 2.33 bits per heavy atom. The van der Waals surface area contributed by atoms with Crippen molar-refractivity contribution < 1.29 is 19.1 Å². The van der Waals surface area contributed by atoms with Crippen molar-refractivity contribution in [2.75, 3.05) is 33.0 Å². The molecule has 0 saturated carbocycles. The third kappa shape index (κ3) is 9.09. The summed E-state index contributed by atoms with van der Waals surface area (Å²) in [5.74, 6) is -0.0581. The Labute approximate surface area is 108 Å². The number of rotatable bonds is 10. The van der Waals surface area contributed by atoms with E-state index < -0.39 is 6.04 Å². The molecule has 0 aliphatic carbocycles. The first-order valence-electron chi connectivity index (χ1n) is 6.13. The van der Waals surface area contributed by atoms with Crippen LogP contribution >= 0.6 is 0 Å². The van der Waals surface area contributed by atoms with E-state index in [9.17, 15) is 9.59 Å². The summed E-state index contributed by atoms with van der Waals surface area (Å²) in [6.07, 6.45) is 0. The first kappa shape index (κ1) is 17.0. The lowest BCUT2D eigenvalue weighted by molar-refractivity contribution is -0.124. The molecule has 0 spiro atoms. The molecule has 0 rings (SSSR count). The van der Waals surface area contributed by atoms with Gasteiger partial charge in [-0.25, -0.2) is 0 Å². The van der Waals surface area contributed by atoms with Crippen molar-refractivity contribution in [1.29, 1.82) is 0 Å². The van der Waals surface area contributed by atoms with Crippen molar-refractivity contribution >= 4 is 11.7 Å². The lowest BCUT2D eigenvalue weighted by Gasteiger charge is -2.15. The summed E-state index contributed by atoms with van der Waals surface area (Å²) >= 11 is 0. The minimum atomic E-state index is -0.483. The van der Waals surface area contributed by atoms with E-state index in [0.717, 1.165) is 0 Å². The zero-order valence-electron chi connectivity index (χ0n) is 11.4. The molecule has 0 radical (unpaired) electrons. The second-order valence-electron chi connectivity index (χ2n) is 4.43. The van der Waals surface area contributed by atoms with E-state index in [1.54, 1.807) is 0 Å². The third-order valence-electron chi connectivity index (χ3n) is 2.24. The fourth-order valence-electron chi connectivity index (χ4n) is 1.10. The molecule has 6 nitrogen and oxygen atoms in total. The maximum Gasteiger partial charge on any atom is 0.237 e. The molecule has 0 aromatic heterocycles. The molecule has 0 aromatic carbocycles. The van der Waals surface area contributed by atoms with Gasteiger partial charge in [-0.1, -0.05) is 13.8 Å². The van der Waals surface area contributed by atoms with Gasteiger partial charge in [0, 0.05) is 6.54 Å². The topological polar surface area (TPSA) is 90.6 Å². The van der Waals surface area contributed by atoms with Gasteiger partial charge in [0.1, 0.15) is 6.61 Å². The maximum absolute atomic E-state index is 11.4. The van der Waals surface area contributed by atoms with E-state index in [1.807, 2.05) is 13.8 Å². The average Bonchev–Trinajstić information content (AvgIpc) is 2.30. The van der Waals surface area contributed by atoms with E-state index in [2.05, 4.69) is 5.32 Å². The molecule has 0 bridgehead atoms. The number of amides is 1. The summed E-state index contributed by atoms with van der Waals surface area (Å²) < 4.78 is 10.2. The fraction of sp³-hybridized carbons (Fsp3) is 0.833. The number of hydrogen-bond donors (Lipinski definition) is 2. The van der Waals surface area contributed by atoms with Crippen LogP contribution in [0.3, 0.4) is 0 Å². The molecule has 0 saturated heterocycles. The van der Waals surface area contributed by atoms with E-state index >= 15 is 0 Å². The highest BCUT2D eigenvalue weighted by atomic mass is 16.5. The van der Waals surface area contributed by atoms with Gasteiger partial charge in [0.05, 0.1) is 25.9 Å². The van der Waals surface area contributed by atoms with Crippen molar-refractivity contribution in [3.63, 3.8) is 0 Å². The van der Waals surface area contributed by atoms with Crippen LogP contribution in [0.5, 0.6) is 0 Å². The normalized spacial score (nSPS) is 12.5. The smallest absolute Gasteiger partial charge is 0.237 e. The quantitative estimate of drug-likeness (QED) is 0.527. The SMILES string of the molecule is CC(=O)COCCOCCNC(=O)C(N)C(C)C. The number of carbonyl (C=O) groups is 2. The van der Waals surface area contributed by atoms with Gasteiger partial charge in [-0.3, -0.25) is 9.59 Å². The van der Waals surface area contributed by atoms with Gasteiger partial charge in [-0.05, 0) is 12.8 Å². The zero-order valence-corrected chi connectivity index (χ0v) is 11.4. The minimum Gasteiger partial charge on any atom is -0.377 e. The van der Waals surface area contributed by atoms with Crippen molar-refractivity contribution in [2.24, 2.45) is 11.7 Å². The van der Waals surface area contributed by atoms with Crippen molar-refractivity contribution in [2.45, 2.75) is 26.8 Å². The predicted molar refractivity (Wildman–Crippen MR) is 68.1 cm³/mol. The van der Waals surface area contributed by atoms with E-state index in [1.165, 1.54) is 6.92 Å². The summed E-state index contributed by atoms with van der Waals surface area (Å²) in [6, 6.07) is -0.483. The van der Waals surface area contributed by atoms with Gasteiger partial charge < -0.3 is 20.5 Å². The van der Waals surface area contributed by atoms with Crippen molar-refractivity contribution in [3.8, 4) is 0 Å². The summed E-state index contributed by atoms with van der Waals surface area (Å²) in [6.45, 7) is 6.97. The lowest BCUT2D eigenvalue weighted by Crippen LogP contribution is -2.44. The van der Waals surface area contributed by atoms with E-state index in [0.29, 0.717) is 26.4 Å². The van der Waals surface area contributed by atoms with Crippen LogP contribution < -0.4 is 11.1 Å². The van der Waals surface area contributed by atoms with Gasteiger partial charge in [0.2, 0.25) is 5.91 Å². The minimum absolute atomic E-state index is 0.00932. The summed E-state index contributed by atoms with van der Waals surface area (Å²) in [7, 11) is 0. The van der Waals surface area contributed by atoms with Crippen LogP contribution in [0, 0.1) is 5.92 Å². The average molecular weight is 260 g/mol. The molecular weight excluding hydrogens is 236 g/mol. The molecule has 0 aromatic rings. The number of nitrogens with two attached hydrogens (primary N) is 1. The van der Waals surface area contributed by atoms with Crippen molar-refractivity contribution in [1.82, 2.24) is 5.32 Å². The molecule has 0 aliphatic heterocycles. The Balaban J connectivity index is 3.35. The van der Waals surface area contributed by atoms with Crippen LogP contribution in [0.25, 0.3) is 0 Å². The van der Waals surface area contributed by atoms with E-state index in [4.69, 9.17) is 15.2 Å². The molecule has 0 heterocycles. The molecule has 1 unspecified atom stereocenters. The third-order valence-corrected chi connectivity index (χ3v) is 2.24. The highest BCUT2D eigenvalue weighted by molar-refractivity contribution is 5.81. The summed E-state index contributed by atoms with van der Waals surface area (Å²) in [4.78, 5) is 22.0. The molecule has 1 atom stereocenters. The van der Waals surface area contributed by atoms with Gasteiger partial charge in [0.15, 0.2) is 5.78 Å². The number of nitrogens with one attached hydrogen (secondary N) is 1. The molecule has 3 N–H and O–H groups in total. The monoisotopic (exact) mass is 260 g/mol. The second-order valence-corrected chi connectivity index (χ2v) is 4.43. The van der Waals surface area contributed by atoms with Gasteiger partial charge in [-0.2, -0.15) is 0 Å². The Bertz CT molecular complexity index is 256. The number of ether oxygens (including phenoxy) is 2. The molecule has 106 valence electrons. The van der Waals surface area contributed by atoms with Crippen LogP contribution in [0.2, 0.25) is 0 Å². The highest BCUT2D eigenvalue weighted by Crippen LogP contribution is 1.97. The highest BCUT2D eigenvalue weighted by Gasteiger charge is 2.15. The Kier molecular flexibility index (Phi) is 9.45. The summed E-state index contributed by atoms with van der Waals surface area (Å²) in [5, 5.41) is 2.69. The molecule has 18 heavy (non-hydrogen) atoms. The lowest BCUT2D eigenvalue weighted by atomic mass is 10.1. The predicted octanol–water partition coefficient (Wildman–Crippen LogP) is -0.292. The first-order chi connectivity index (χ1) is 8.45. The van der Waals surface area contributed by atoms with Gasteiger partial charge >= 0.3 is 0 Å². The number of ketones is 1. The van der Waals surface area contributed by atoms with Gasteiger partial charge in [0.25, 0.3) is 0 Å². The van der Waals surface area contributed by atoms with Crippen molar-refractivity contribution in [3.05, 3.63) is 0 Å². The number of carbonyl (C=O) groups excluding carboxylic acids is 2. The summed E-state index contributed by atoms with van der Waals surface area (Å²) in [5.41, 5.74) is 5.66. The van der Waals surface area contributed by atoms with Gasteiger partial charge in [-0.15, -0.1) is 0 Å². The van der Waals surface area contributed by atoms with Crippen LogP contribution in [-0.2, 0) is 19.1 Å². The van der Waals surface area contributed by atoms with Crippen LogP contribution in [0.15, 0.2) is 0 Å². The van der Waals surface area contributed by atoms with E-state index in [-0.39, 0.29) is 24.2 Å². The standard InChI is InChI=1S/C12H24N2O4/c1-9(2)11(13)12(16)14-4-5-17-6-7-18-8-10(3)15/h9,11H,4-8,13H2,1-3H3,(H,14,16). The second kappa shape index (κ2) is 9.99. The molecule has 1 amide bonds. The van der Waals surface area contributed by atoms with Crippen LogP contribution in [0.1, 0.15) is 20.8 Å². The first-order valence-corrected chi connectivity index (χ1v) is 6.13. The Hall–Kier alpha value is -0.980. The fourth-order valence-corrected chi connectivity index (χ4v) is 1.10. The number of Topliss-reactive ketones (excluding diaryl/α,β-unsaturated/α-hetero) is 1. The van der Waals surface area contributed by atoms with Crippen LogP contribution in [-0.4, -0.2) is 50.7 Å². The number of hydrogen-bond acceptors (Lipinski definition) is 5. The maximum atomic E-state index is 11.4. The van der Waals surface area contributed by atoms with Crippen LogP contribution in [0.4, 0.5) is 0 Å². The largest absolute Gasteiger partial charge is 0.377 e. The molecular formula is C12H24N2O4. The zero-order chi connectivity index (χ0) is 14.0. The molecule has 6 heteroatoms. The molecule has 0 aliphatic rings. The Morgan fingerprint density at radius 1 is 1.17 bits per heavy atom. The Morgan fingerprint density at radius 2 is 1.78 bits per heavy atom.